The molecule has 1 N–H and O–H groups in total. The van der Waals surface area contributed by atoms with Crippen LogP contribution >= 0.6 is 0 Å². The van der Waals surface area contributed by atoms with Gasteiger partial charge in [0, 0.05) is 5.92 Å². The molecular formula is C17H20O. The van der Waals surface area contributed by atoms with E-state index in [1.807, 2.05) is 12.1 Å². The van der Waals surface area contributed by atoms with Gasteiger partial charge < -0.3 is 5.11 Å². The quantitative estimate of drug-likeness (QED) is 0.826. The lowest BCUT2D eigenvalue weighted by Gasteiger charge is -2.17. The molecule has 1 unspecified atom stereocenters. The zero-order valence-electron chi connectivity index (χ0n) is 11.1. The minimum absolute atomic E-state index is 0.331. The van der Waals surface area contributed by atoms with Gasteiger partial charge in [0.1, 0.15) is 5.75 Å². The molecule has 0 saturated carbocycles. The topological polar surface area (TPSA) is 20.2 Å². The van der Waals surface area contributed by atoms with Crippen molar-refractivity contribution in [2.45, 2.75) is 32.6 Å². The van der Waals surface area contributed by atoms with Gasteiger partial charge in [-0.2, -0.15) is 0 Å². The Balaban J connectivity index is 2.33. The molecule has 2 aromatic rings. The maximum atomic E-state index is 9.38. The summed E-state index contributed by atoms with van der Waals surface area (Å²) in [6.45, 7) is 4.32. The van der Waals surface area contributed by atoms with E-state index in [1.54, 1.807) is 12.1 Å². The molecule has 1 nitrogen and oxygen atoms in total. The third-order valence-corrected chi connectivity index (χ3v) is 3.35. The number of hydrogen-bond acceptors (Lipinski definition) is 1. The molecule has 0 aliphatic carbocycles. The first-order chi connectivity index (χ1) is 8.70. The normalized spacial score (nSPS) is 12.3. The first-order valence-corrected chi connectivity index (χ1v) is 6.56. The molecule has 94 valence electrons. The Hall–Kier alpha value is -1.76. The fourth-order valence-corrected chi connectivity index (χ4v) is 2.32. The SMILES string of the molecule is CCCC(c1ccc(C)cc1)c1ccc(O)cc1. The first-order valence-electron chi connectivity index (χ1n) is 6.56. The maximum absolute atomic E-state index is 9.38. The summed E-state index contributed by atoms with van der Waals surface area (Å²) in [5.74, 6) is 0.758. The van der Waals surface area contributed by atoms with Crippen molar-refractivity contribution < 1.29 is 5.11 Å². The van der Waals surface area contributed by atoms with Crippen LogP contribution in [0.5, 0.6) is 5.75 Å². The van der Waals surface area contributed by atoms with E-state index in [1.165, 1.54) is 16.7 Å². The molecule has 1 atom stereocenters. The fourth-order valence-electron chi connectivity index (χ4n) is 2.32. The molecule has 0 aromatic heterocycles. The third-order valence-electron chi connectivity index (χ3n) is 3.35. The van der Waals surface area contributed by atoms with Gasteiger partial charge in [-0.15, -0.1) is 0 Å². The van der Waals surface area contributed by atoms with Crippen molar-refractivity contribution >= 4 is 0 Å². The highest BCUT2D eigenvalue weighted by molar-refractivity contribution is 5.36. The highest BCUT2D eigenvalue weighted by Crippen LogP contribution is 2.30. The highest BCUT2D eigenvalue weighted by atomic mass is 16.3. The predicted octanol–water partition coefficient (Wildman–Crippen LogP) is 4.63. The zero-order valence-corrected chi connectivity index (χ0v) is 11.1. The molecular weight excluding hydrogens is 220 g/mol. The van der Waals surface area contributed by atoms with Crippen LogP contribution in [-0.2, 0) is 0 Å². The van der Waals surface area contributed by atoms with Crippen LogP contribution in [0.1, 0.15) is 42.4 Å². The smallest absolute Gasteiger partial charge is 0.115 e. The van der Waals surface area contributed by atoms with E-state index < -0.39 is 0 Å². The summed E-state index contributed by atoms with van der Waals surface area (Å²) in [5, 5.41) is 9.38. The maximum Gasteiger partial charge on any atom is 0.115 e. The minimum atomic E-state index is 0.331. The van der Waals surface area contributed by atoms with Crippen LogP contribution in [-0.4, -0.2) is 5.11 Å². The van der Waals surface area contributed by atoms with Crippen molar-refractivity contribution in [3.05, 3.63) is 65.2 Å². The lowest BCUT2D eigenvalue weighted by molar-refractivity contribution is 0.475. The summed E-state index contributed by atoms with van der Waals surface area (Å²) in [4.78, 5) is 0. The van der Waals surface area contributed by atoms with Crippen molar-refractivity contribution in [3.63, 3.8) is 0 Å². The van der Waals surface area contributed by atoms with Crippen molar-refractivity contribution in [1.82, 2.24) is 0 Å². The summed E-state index contributed by atoms with van der Waals surface area (Å²) >= 11 is 0. The molecule has 0 aliphatic rings. The first kappa shape index (κ1) is 12.7. The van der Waals surface area contributed by atoms with Crippen LogP contribution in [0.15, 0.2) is 48.5 Å². The summed E-state index contributed by atoms with van der Waals surface area (Å²) < 4.78 is 0. The van der Waals surface area contributed by atoms with Crippen LogP contribution in [0.4, 0.5) is 0 Å². The molecule has 0 heterocycles. The molecule has 0 fully saturated rings. The summed E-state index contributed by atoms with van der Waals surface area (Å²) in [6, 6.07) is 16.3. The Kier molecular flexibility index (Phi) is 4.03. The molecule has 0 spiro atoms. The van der Waals surface area contributed by atoms with Crippen LogP contribution in [0.25, 0.3) is 0 Å². The molecule has 2 aromatic carbocycles. The van der Waals surface area contributed by atoms with Crippen molar-refractivity contribution in [3.8, 4) is 5.75 Å². The molecule has 1 heteroatoms. The lowest BCUT2D eigenvalue weighted by atomic mass is 9.87. The molecule has 2 rings (SSSR count). The van der Waals surface area contributed by atoms with Crippen molar-refractivity contribution in [2.75, 3.05) is 0 Å². The van der Waals surface area contributed by atoms with Gasteiger partial charge in [0.25, 0.3) is 0 Å². The Morgan fingerprint density at radius 2 is 1.39 bits per heavy atom. The number of rotatable bonds is 4. The van der Waals surface area contributed by atoms with Crippen LogP contribution in [0, 0.1) is 6.92 Å². The Morgan fingerprint density at radius 1 is 0.889 bits per heavy atom. The second-order valence-electron chi connectivity index (χ2n) is 4.84. The summed E-state index contributed by atoms with van der Waals surface area (Å²) in [7, 11) is 0. The summed E-state index contributed by atoms with van der Waals surface area (Å²) in [6.07, 6.45) is 2.28. The Bertz CT molecular complexity index is 437. The number of phenols is 1. The molecule has 0 radical (unpaired) electrons. The minimum Gasteiger partial charge on any atom is -0.508 e. The fraction of sp³-hybridized carbons (Fsp3) is 0.294. The third kappa shape index (κ3) is 2.92. The standard InChI is InChI=1S/C17H20O/c1-3-4-17(14-7-5-13(2)6-8-14)15-9-11-16(18)12-10-15/h5-12,17-18H,3-4H2,1-2H3. The number of phenolic OH excluding ortho intramolecular Hbond substituents is 1. The van der Waals surface area contributed by atoms with Gasteiger partial charge in [-0.05, 0) is 36.6 Å². The molecule has 18 heavy (non-hydrogen) atoms. The molecule has 0 aliphatic heterocycles. The largest absolute Gasteiger partial charge is 0.508 e. The van der Waals surface area contributed by atoms with Gasteiger partial charge in [-0.1, -0.05) is 55.3 Å². The van der Waals surface area contributed by atoms with Gasteiger partial charge in [-0.3, -0.25) is 0 Å². The molecule has 0 saturated heterocycles. The molecule has 0 amide bonds. The van der Waals surface area contributed by atoms with E-state index in [4.69, 9.17) is 0 Å². The van der Waals surface area contributed by atoms with E-state index in [0.29, 0.717) is 11.7 Å². The van der Waals surface area contributed by atoms with Crippen LogP contribution in [0.3, 0.4) is 0 Å². The van der Waals surface area contributed by atoms with E-state index in [0.717, 1.165) is 12.8 Å². The Morgan fingerprint density at radius 3 is 1.89 bits per heavy atom. The van der Waals surface area contributed by atoms with Crippen LogP contribution < -0.4 is 0 Å². The van der Waals surface area contributed by atoms with Gasteiger partial charge in [-0.25, -0.2) is 0 Å². The second-order valence-corrected chi connectivity index (χ2v) is 4.84. The zero-order chi connectivity index (χ0) is 13.0. The summed E-state index contributed by atoms with van der Waals surface area (Å²) in [5.41, 5.74) is 3.92. The van der Waals surface area contributed by atoms with E-state index in [-0.39, 0.29) is 0 Å². The van der Waals surface area contributed by atoms with E-state index in [9.17, 15) is 5.11 Å². The number of aryl methyl sites for hydroxylation is 1. The number of aromatic hydroxyl groups is 1. The van der Waals surface area contributed by atoms with Crippen molar-refractivity contribution in [1.29, 1.82) is 0 Å². The van der Waals surface area contributed by atoms with E-state index in [2.05, 4.69) is 38.1 Å². The average molecular weight is 240 g/mol. The monoisotopic (exact) mass is 240 g/mol. The Labute approximate surface area is 109 Å². The second kappa shape index (κ2) is 5.72. The van der Waals surface area contributed by atoms with Gasteiger partial charge in [0.2, 0.25) is 0 Å². The van der Waals surface area contributed by atoms with Crippen molar-refractivity contribution in [2.24, 2.45) is 0 Å². The average Bonchev–Trinajstić information content (AvgIpc) is 2.39. The van der Waals surface area contributed by atoms with Crippen LogP contribution in [0.2, 0.25) is 0 Å². The predicted molar refractivity (Wildman–Crippen MR) is 76.0 cm³/mol. The van der Waals surface area contributed by atoms with Gasteiger partial charge in [0.05, 0.1) is 0 Å². The number of benzene rings is 2. The lowest BCUT2D eigenvalue weighted by Crippen LogP contribution is -2.00. The van der Waals surface area contributed by atoms with E-state index >= 15 is 0 Å². The highest BCUT2D eigenvalue weighted by Gasteiger charge is 2.12. The number of hydrogen-bond donors (Lipinski definition) is 1. The van der Waals surface area contributed by atoms with Gasteiger partial charge in [0.15, 0.2) is 0 Å². The molecule has 0 bridgehead atoms. The van der Waals surface area contributed by atoms with Gasteiger partial charge >= 0.3 is 0 Å².